The van der Waals surface area contributed by atoms with Crippen molar-refractivity contribution < 1.29 is 9.53 Å². The molecule has 0 saturated heterocycles. The molecule has 0 atom stereocenters. The summed E-state index contributed by atoms with van der Waals surface area (Å²) in [5, 5.41) is 2.64. The third-order valence-electron chi connectivity index (χ3n) is 1.90. The van der Waals surface area contributed by atoms with Gasteiger partial charge in [-0.2, -0.15) is 0 Å². The van der Waals surface area contributed by atoms with Crippen molar-refractivity contribution in [2.24, 2.45) is 0 Å². The molecule has 12 heavy (non-hydrogen) atoms. The molecule has 1 amide bonds. The van der Waals surface area contributed by atoms with Crippen LogP contribution in [-0.4, -0.2) is 6.09 Å². The van der Waals surface area contributed by atoms with Gasteiger partial charge in [-0.3, -0.25) is 0 Å². The molecule has 0 aromatic heterocycles. The Kier molecular flexibility index (Phi) is 1.70. The fraction of sp³-hybridized carbons (Fsp3) is 0.222. The predicted octanol–water partition coefficient (Wildman–Crippen LogP) is 1.43. The molecule has 0 aliphatic carbocycles. The summed E-state index contributed by atoms with van der Waals surface area (Å²) in [6.07, 6.45) is -0.341. The summed E-state index contributed by atoms with van der Waals surface area (Å²) in [5.74, 6) is 0. The van der Waals surface area contributed by atoms with E-state index >= 15 is 0 Å². The number of hydrogen-bond donors (Lipinski definition) is 1. The molecule has 1 aromatic carbocycles. The van der Waals surface area contributed by atoms with Gasteiger partial charge in [0.1, 0.15) is 6.61 Å². The Hall–Kier alpha value is -1.51. The average Bonchev–Trinajstić information content (AvgIpc) is 2.29. The molecule has 0 unspecified atom stereocenters. The largest absolute Gasteiger partial charge is 0.445 e. The van der Waals surface area contributed by atoms with E-state index in [2.05, 4.69) is 5.32 Å². The van der Waals surface area contributed by atoms with E-state index in [1.54, 1.807) is 0 Å². The Morgan fingerprint density at radius 3 is 2.83 bits per heavy atom. The summed E-state index contributed by atoms with van der Waals surface area (Å²) in [5.41, 5.74) is 2.21. The van der Waals surface area contributed by atoms with Gasteiger partial charge in [-0.1, -0.05) is 24.3 Å². The first-order valence-electron chi connectivity index (χ1n) is 3.83. The normalized spacial score (nSPS) is 15.5. The molecule has 1 aliphatic heterocycles. The van der Waals surface area contributed by atoms with Gasteiger partial charge in [0.05, 0.1) is 0 Å². The number of ether oxygens (including phenoxy) is 1. The van der Waals surface area contributed by atoms with Crippen molar-refractivity contribution in [1.29, 1.82) is 0 Å². The lowest BCUT2D eigenvalue weighted by molar-refractivity contribution is 0.143. The van der Waals surface area contributed by atoms with E-state index in [0.29, 0.717) is 13.2 Å². The standard InChI is InChI=1S/C9H9NO2/c11-9-10-5-7-3-1-2-4-8(7)6-12-9/h1-4H,5-6H2,(H,10,11). The van der Waals surface area contributed by atoms with E-state index in [1.165, 1.54) is 0 Å². The van der Waals surface area contributed by atoms with Crippen molar-refractivity contribution in [3.05, 3.63) is 35.4 Å². The number of fused-ring (bicyclic) bond motifs is 1. The summed E-state index contributed by atoms with van der Waals surface area (Å²) in [4.78, 5) is 10.8. The smallest absolute Gasteiger partial charge is 0.407 e. The lowest BCUT2D eigenvalue weighted by Gasteiger charge is -2.00. The summed E-state index contributed by atoms with van der Waals surface area (Å²) < 4.78 is 4.88. The van der Waals surface area contributed by atoms with Crippen molar-refractivity contribution in [2.75, 3.05) is 0 Å². The third kappa shape index (κ3) is 1.25. The SMILES string of the molecule is O=C1NCc2ccccc2CO1. The zero-order valence-corrected chi connectivity index (χ0v) is 6.54. The van der Waals surface area contributed by atoms with E-state index in [-0.39, 0.29) is 6.09 Å². The molecule has 0 radical (unpaired) electrons. The molecular formula is C9H9NO2. The molecule has 1 N–H and O–H groups in total. The van der Waals surface area contributed by atoms with Crippen molar-refractivity contribution in [2.45, 2.75) is 13.2 Å². The molecule has 0 bridgehead atoms. The van der Waals surface area contributed by atoms with Crippen LogP contribution in [0.1, 0.15) is 11.1 Å². The van der Waals surface area contributed by atoms with Crippen LogP contribution in [0, 0.1) is 0 Å². The molecule has 0 saturated carbocycles. The van der Waals surface area contributed by atoms with Crippen LogP contribution in [0.4, 0.5) is 4.79 Å². The highest BCUT2D eigenvalue weighted by Gasteiger charge is 2.10. The lowest BCUT2D eigenvalue weighted by atomic mass is 10.1. The number of carbonyl (C=O) groups is 1. The van der Waals surface area contributed by atoms with Gasteiger partial charge in [-0.25, -0.2) is 4.79 Å². The maximum Gasteiger partial charge on any atom is 0.407 e. The van der Waals surface area contributed by atoms with E-state index in [4.69, 9.17) is 4.74 Å². The number of amides is 1. The van der Waals surface area contributed by atoms with Crippen LogP contribution in [0.2, 0.25) is 0 Å². The summed E-state index contributed by atoms with van der Waals surface area (Å²) >= 11 is 0. The van der Waals surface area contributed by atoms with E-state index in [1.807, 2.05) is 24.3 Å². The minimum Gasteiger partial charge on any atom is -0.445 e. The molecule has 62 valence electrons. The van der Waals surface area contributed by atoms with Crippen LogP contribution in [0.5, 0.6) is 0 Å². The number of benzene rings is 1. The van der Waals surface area contributed by atoms with Gasteiger partial charge in [0.15, 0.2) is 0 Å². The quantitative estimate of drug-likeness (QED) is 0.628. The van der Waals surface area contributed by atoms with Gasteiger partial charge in [0, 0.05) is 6.54 Å². The second-order valence-corrected chi connectivity index (χ2v) is 2.70. The molecule has 3 heteroatoms. The van der Waals surface area contributed by atoms with Crippen molar-refractivity contribution in [3.63, 3.8) is 0 Å². The highest BCUT2D eigenvalue weighted by molar-refractivity contribution is 5.67. The predicted molar refractivity (Wildman–Crippen MR) is 43.5 cm³/mol. The zero-order chi connectivity index (χ0) is 8.39. The van der Waals surface area contributed by atoms with Crippen LogP contribution in [0.25, 0.3) is 0 Å². The maximum absolute atomic E-state index is 10.8. The Bertz CT molecular complexity index is 280. The molecule has 2 rings (SSSR count). The van der Waals surface area contributed by atoms with E-state index in [0.717, 1.165) is 11.1 Å². The first kappa shape index (κ1) is 7.16. The van der Waals surface area contributed by atoms with Gasteiger partial charge in [0.2, 0.25) is 0 Å². The number of carbonyl (C=O) groups excluding carboxylic acids is 1. The van der Waals surface area contributed by atoms with Gasteiger partial charge in [-0.05, 0) is 11.1 Å². The molecular weight excluding hydrogens is 154 g/mol. The highest BCUT2D eigenvalue weighted by Crippen LogP contribution is 2.12. The maximum atomic E-state index is 10.8. The van der Waals surface area contributed by atoms with Crippen LogP contribution in [0.15, 0.2) is 24.3 Å². The first-order valence-corrected chi connectivity index (χ1v) is 3.83. The summed E-state index contributed by atoms with van der Waals surface area (Å²) in [7, 11) is 0. The monoisotopic (exact) mass is 163 g/mol. The van der Waals surface area contributed by atoms with Crippen LogP contribution in [-0.2, 0) is 17.9 Å². The van der Waals surface area contributed by atoms with Crippen LogP contribution in [0.3, 0.4) is 0 Å². The van der Waals surface area contributed by atoms with Crippen molar-refractivity contribution in [3.8, 4) is 0 Å². The topological polar surface area (TPSA) is 38.3 Å². The molecule has 3 nitrogen and oxygen atoms in total. The highest BCUT2D eigenvalue weighted by atomic mass is 16.5. The number of rotatable bonds is 0. The summed E-state index contributed by atoms with van der Waals surface area (Å²) in [6, 6.07) is 7.86. The second kappa shape index (κ2) is 2.85. The van der Waals surface area contributed by atoms with Gasteiger partial charge >= 0.3 is 6.09 Å². The van der Waals surface area contributed by atoms with Gasteiger partial charge in [-0.15, -0.1) is 0 Å². The van der Waals surface area contributed by atoms with E-state index < -0.39 is 0 Å². The Balaban J connectivity index is 2.32. The Morgan fingerprint density at radius 1 is 1.25 bits per heavy atom. The van der Waals surface area contributed by atoms with E-state index in [9.17, 15) is 4.79 Å². The van der Waals surface area contributed by atoms with Crippen LogP contribution < -0.4 is 5.32 Å². The molecule has 1 aromatic rings. The Morgan fingerprint density at radius 2 is 2.00 bits per heavy atom. The number of cyclic esters (lactones) is 1. The summed E-state index contributed by atoms with van der Waals surface area (Å²) in [6.45, 7) is 0.941. The van der Waals surface area contributed by atoms with Crippen molar-refractivity contribution >= 4 is 6.09 Å². The number of hydrogen-bond acceptors (Lipinski definition) is 2. The average molecular weight is 163 g/mol. The van der Waals surface area contributed by atoms with Crippen molar-refractivity contribution in [1.82, 2.24) is 5.32 Å². The number of nitrogens with one attached hydrogen (secondary N) is 1. The minimum absolute atomic E-state index is 0.341. The molecule has 0 spiro atoms. The lowest BCUT2D eigenvalue weighted by Crippen LogP contribution is -2.20. The zero-order valence-electron chi connectivity index (χ0n) is 6.54. The Labute approximate surface area is 70.3 Å². The number of alkyl carbamates (subject to hydrolysis) is 1. The third-order valence-corrected chi connectivity index (χ3v) is 1.90. The minimum atomic E-state index is -0.341. The second-order valence-electron chi connectivity index (χ2n) is 2.70. The molecule has 1 heterocycles. The molecule has 0 fully saturated rings. The van der Waals surface area contributed by atoms with Gasteiger partial charge < -0.3 is 10.1 Å². The van der Waals surface area contributed by atoms with Crippen LogP contribution >= 0.6 is 0 Å². The fourth-order valence-corrected chi connectivity index (χ4v) is 1.23. The molecule has 1 aliphatic rings. The first-order chi connectivity index (χ1) is 5.86. The fourth-order valence-electron chi connectivity index (χ4n) is 1.23. The van der Waals surface area contributed by atoms with Gasteiger partial charge in [0.25, 0.3) is 0 Å².